The lowest BCUT2D eigenvalue weighted by molar-refractivity contribution is -0.782. The Balaban J connectivity index is 1.64. The van der Waals surface area contributed by atoms with E-state index in [0.29, 0.717) is 6.42 Å². The quantitative estimate of drug-likeness (QED) is 0.577. The molecule has 30 heavy (non-hydrogen) atoms. The van der Waals surface area contributed by atoms with Gasteiger partial charge in [0.05, 0.1) is 12.7 Å². The molecule has 2 N–H and O–H groups in total. The zero-order valence-corrected chi connectivity index (χ0v) is 16.2. The van der Waals surface area contributed by atoms with Gasteiger partial charge in [-0.3, -0.25) is 9.84 Å². The number of hydrogen-bond acceptors (Lipinski definition) is 4. The lowest BCUT2D eigenvalue weighted by Crippen LogP contribution is -2.40. The molecule has 2 amide bonds. The third-order valence-electron chi connectivity index (χ3n) is 4.27. The number of hydrogen-bond donors (Lipinski definition) is 2. The van der Waals surface area contributed by atoms with Crippen LogP contribution in [0.15, 0.2) is 59.3 Å². The van der Waals surface area contributed by atoms with Crippen molar-refractivity contribution in [2.45, 2.75) is 25.6 Å². The summed E-state index contributed by atoms with van der Waals surface area (Å²) in [6.07, 6.45) is -2.37. The summed E-state index contributed by atoms with van der Waals surface area (Å²) < 4.78 is 50.5. The third kappa shape index (κ3) is 5.49. The zero-order chi connectivity index (χ0) is 21.7. The van der Waals surface area contributed by atoms with Crippen LogP contribution in [0.3, 0.4) is 0 Å². The highest BCUT2D eigenvalue weighted by Gasteiger charge is 2.31. The van der Waals surface area contributed by atoms with Crippen molar-refractivity contribution in [3.63, 3.8) is 0 Å². The van der Waals surface area contributed by atoms with Crippen LogP contribution >= 0.6 is 0 Å². The Morgan fingerprint density at radius 3 is 2.60 bits per heavy atom. The van der Waals surface area contributed by atoms with E-state index in [9.17, 15) is 18.0 Å². The fourth-order valence-corrected chi connectivity index (χ4v) is 2.80. The molecule has 0 spiro atoms. The monoisotopic (exact) mass is 421 g/mol. The van der Waals surface area contributed by atoms with Crippen molar-refractivity contribution in [3.8, 4) is 5.75 Å². The molecule has 0 saturated heterocycles. The zero-order valence-electron chi connectivity index (χ0n) is 16.2. The van der Waals surface area contributed by atoms with E-state index in [1.54, 1.807) is 4.68 Å². The van der Waals surface area contributed by atoms with Crippen LogP contribution in [0, 0.1) is 0 Å². The van der Waals surface area contributed by atoms with Gasteiger partial charge in [0, 0.05) is 25.1 Å². The number of benzene rings is 2. The van der Waals surface area contributed by atoms with Crippen LogP contribution < -0.4 is 20.1 Å². The van der Waals surface area contributed by atoms with Crippen molar-refractivity contribution >= 4 is 17.6 Å². The second kappa shape index (κ2) is 8.85. The normalized spacial score (nSPS) is 12.3. The second-order valence-corrected chi connectivity index (χ2v) is 6.61. The molecular weight excluding hydrogens is 401 g/mol. The third-order valence-corrected chi connectivity index (χ3v) is 4.27. The molecule has 2 aromatic carbocycles. The highest BCUT2D eigenvalue weighted by molar-refractivity contribution is 5.98. The molecular formula is C20H20F3N4O3+. The Labute approximate surface area is 170 Å². The summed E-state index contributed by atoms with van der Waals surface area (Å²) in [5.74, 6) is 0.0127. The van der Waals surface area contributed by atoms with Crippen molar-refractivity contribution in [1.29, 1.82) is 0 Å². The predicted octanol–water partition coefficient (Wildman–Crippen LogP) is 4.44. The molecule has 3 aromatic rings. The van der Waals surface area contributed by atoms with Crippen molar-refractivity contribution in [3.05, 3.63) is 65.9 Å². The van der Waals surface area contributed by atoms with Gasteiger partial charge >= 0.3 is 18.1 Å². The van der Waals surface area contributed by atoms with Gasteiger partial charge in [-0.25, -0.2) is 4.79 Å². The number of halogens is 3. The van der Waals surface area contributed by atoms with E-state index in [4.69, 9.17) is 9.26 Å². The van der Waals surface area contributed by atoms with Gasteiger partial charge < -0.3 is 10.1 Å². The number of urea groups is 1. The summed E-state index contributed by atoms with van der Waals surface area (Å²) in [6.45, 7) is 1.94. The van der Waals surface area contributed by atoms with Crippen molar-refractivity contribution in [2.24, 2.45) is 0 Å². The number of alkyl halides is 3. The fraction of sp³-hybridized carbons (Fsp3) is 0.250. The molecule has 0 saturated carbocycles. The molecule has 1 heterocycles. The Morgan fingerprint density at radius 2 is 1.93 bits per heavy atom. The minimum absolute atomic E-state index is 0.0348. The molecule has 158 valence electrons. The number of nitrogens with zero attached hydrogens (tertiary/aromatic N) is 2. The van der Waals surface area contributed by atoms with Crippen LogP contribution in [-0.4, -0.2) is 18.4 Å². The molecule has 3 rings (SSSR count). The average Bonchev–Trinajstić information content (AvgIpc) is 3.16. The van der Waals surface area contributed by atoms with Gasteiger partial charge in [0.15, 0.2) is 6.04 Å². The smallest absolute Gasteiger partial charge is 0.416 e. The van der Waals surface area contributed by atoms with Crippen molar-refractivity contribution < 1.29 is 31.9 Å². The van der Waals surface area contributed by atoms with Crippen LogP contribution in [0.1, 0.15) is 24.1 Å². The highest BCUT2D eigenvalue weighted by atomic mass is 19.4. The largest absolute Gasteiger partial charge is 0.497 e. The van der Waals surface area contributed by atoms with E-state index in [1.807, 2.05) is 37.3 Å². The molecule has 1 aromatic heterocycles. The van der Waals surface area contributed by atoms with E-state index in [2.05, 4.69) is 15.9 Å². The number of nitrogens with one attached hydrogen (secondary N) is 2. The van der Waals surface area contributed by atoms with Crippen molar-refractivity contribution in [2.75, 3.05) is 17.7 Å². The number of aromatic nitrogens is 2. The van der Waals surface area contributed by atoms with E-state index in [1.165, 1.54) is 19.4 Å². The first-order valence-electron chi connectivity index (χ1n) is 9.01. The minimum atomic E-state index is -4.58. The number of carbonyl (C=O) groups excluding carboxylic acids is 1. The number of carbonyl (C=O) groups is 1. The van der Waals surface area contributed by atoms with Crippen LogP contribution in [0.4, 0.5) is 29.5 Å². The Kier molecular flexibility index (Phi) is 6.24. The van der Waals surface area contributed by atoms with Crippen LogP contribution in [0.2, 0.25) is 0 Å². The van der Waals surface area contributed by atoms with Gasteiger partial charge in [0.2, 0.25) is 5.27 Å². The SMILES string of the molecule is COc1cc(NC(=O)Nc2c[n+](C(C)Cc3ccccc3)no2)cc(C(F)(F)F)c1. The number of amides is 2. The number of ether oxygens (including phenoxy) is 1. The molecule has 1 unspecified atom stereocenters. The summed E-state index contributed by atoms with van der Waals surface area (Å²) in [6, 6.07) is 11.9. The number of rotatable bonds is 6. The first kappa shape index (κ1) is 21.2. The maximum atomic E-state index is 13.0. The molecule has 1 atom stereocenters. The number of anilines is 2. The van der Waals surface area contributed by atoms with Gasteiger partial charge in [-0.1, -0.05) is 30.3 Å². The maximum Gasteiger partial charge on any atom is 0.416 e. The number of methoxy groups -OCH3 is 1. The summed E-state index contributed by atoms with van der Waals surface area (Å²) in [7, 11) is 1.24. The van der Waals surface area contributed by atoms with E-state index in [-0.39, 0.29) is 23.4 Å². The van der Waals surface area contributed by atoms with Gasteiger partial charge in [-0.15, -0.1) is 0 Å². The first-order chi connectivity index (χ1) is 14.2. The first-order valence-corrected chi connectivity index (χ1v) is 9.01. The predicted molar refractivity (Wildman–Crippen MR) is 102 cm³/mol. The molecule has 0 radical (unpaired) electrons. The summed E-state index contributed by atoms with van der Waals surface area (Å²) >= 11 is 0. The molecule has 0 aliphatic carbocycles. The lowest BCUT2D eigenvalue weighted by atomic mass is 10.1. The van der Waals surface area contributed by atoms with Gasteiger partial charge in [0.1, 0.15) is 5.75 Å². The fourth-order valence-electron chi connectivity index (χ4n) is 2.80. The molecule has 7 nitrogen and oxygen atoms in total. The molecule has 0 fully saturated rings. The standard InChI is InChI=1S/C20H19F3N4O3/c1-13(8-14-6-4-3-5-7-14)27-12-18(30-26-27)25-19(28)24-16-9-15(20(21,22)23)10-17(11-16)29-2/h3-7,9-13H,8H2,1-2H3,(H-,24,25,26,28)/p+1. The summed E-state index contributed by atoms with van der Waals surface area (Å²) in [5, 5.41) is 8.61. The Morgan fingerprint density at radius 1 is 1.20 bits per heavy atom. The minimum Gasteiger partial charge on any atom is -0.497 e. The summed E-state index contributed by atoms with van der Waals surface area (Å²) in [4.78, 5) is 12.2. The maximum absolute atomic E-state index is 13.0. The average molecular weight is 421 g/mol. The van der Waals surface area contributed by atoms with Crippen molar-refractivity contribution in [1.82, 2.24) is 5.27 Å². The summed E-state index contributed by atoms with van der Waals surface area (Å²) in [5.41, 5.74) is 0.0969. The van der Waals surface area contributed by atoms with Crippen LogP contribution in [-0.2, 0) is 12.6 Å². The highest BCUT2D eigenvalue weighted by Crippen LogP contribution is 2.34. The molecule has 0 aliphatic heterocycles. The van der Waals surface area contributed by atoms with E-state index >= 15 is 0 Å². The Hall–Kier alpha value is -3.56. The van der Waals surface area contributed by atoms with Gasteiger partial charge in [0.25, 0.3) is 6.20 Å². The Bertz CT molecular complexity index is 1010. The van der Waals surface area contributed by atoms with Crippen LogP contribution in [0.5, 0.6) is 5.75 Å². The van der Waals surface area contributed by atoms with Gasteiger partial charge in [-0.2, -0.15) is 13.2 Å². The molecule has 0 aliphatic rings. The lowest BCUT2D eigenvalue weighted by Gasteiger charge is -2.12. The van der Waals surface area contributed by atoms with E-state index < -0.39 is 17.8 Å². The molecule has 10 heteroatoms. The van der Waals surface area contributed by atoms with Gasteiger partial charge in [-0.05, 0) is 22.4 Å². The topological polar surface area (TPSA) is 80.3 Å². The van der Waals surface area contributed by atoms with Crippen LogP contribution in [0.25, 0.3) is 0 Å². The van der Waals surface area contributed by atoms with E-state index in [0.717, 1.165) is 17.7 Å². The second-order valence-electron chi connectivity index (χ2n) is 6.61. The molecule has 0 bridgehead atoms.